The zero-order chi connectivity index (χ0) is 13.4. The van der Waals surface area contributed by atoms with Gasteiger partial charge in [0.15, 0.2) is 0 Å². The Hall–Kier alpha value is -1.81. The number of fused-ring (bicyclic) bond motifs is 1. The monoisotopic (exact) mass is 258 g/mol. The first-order valence-electron chi connectivity index (χ1n) is 6.55. The Morgan fingerprint density at radius 1 is 1.47 bits per heavy atom. The first-order valence-corrected chi connectivity index (χ1v) is 6.55. The highest BCUT2D eigenvalue weighted by Gasteiger charge is 2.29. The molecule has 4 nitrogen and oxygen atoms in total. The highest BCUT2D eigenvalue weighted by atomic mass is 16.5. The Morgan fingerprint density at radius 3 is 2.95 bits per heavy atom. The minimum absolute atomic E-state index is 0.160. The van der Waals surface area contributed by atoms with Gasteiger partial charge in [-0.05, 0) is 24.6 Å². The molecule has 1 aromatic heterocycles. The zero-order valence-corrected chi connectivity index (χ0v) is 11.2. The minimum Gasteiger partial charge on any atom is -0.487 e. The molecule has 0 amide bonds. The Labute approximate surface area is 112 Å². The molecule has 100 valence electrons. The van der Waals surface area contributed by atoms with Crippen LogP contribution in [0, 0.1) is 6.92 Å². The summed E-state index contributed by atoms with van der Waals surface area (Å²) in [6.07, 6.45) is 0.666. The maximum atomic E-state index is 10.3. The predicted octanol–water partition coefficient (Wildman–Crippen LogP) is 1.64. The van der Waals surface area contributed by atoms with Crippen LogP contribution in [0.3, 0.4) is 0 Å². The van der Waals surface area contributed by atoms with E-state index in [1.165, 1.54) is 5.56 Å². The summed E-state index contributed by atoms with van der Waals surface area (Å²) in [6.45, 7) is 1.96. The number of ether oxygens (including phenoxy) is 1. The Kier molecular flexibility index (Phi) is 3.03. The van der Waals surface area contributed by atoms with E-state index in [0.717, 1.165) is 23.6 Å². The van der Waals surface area contributed by atoms with Crippen LogP contribution < -0.4 is 4.74 Å². The number of para-hydroxylation sites is 1. The largest absolute Gasteiger partial charge is 0.487 e. The average Bonchev–Trinajstić information content (AvgIpc) is 2.93. The van der Waals surface area contributed by atoms with Gasteiger partial charge in [-0.25, -0.2) is 0 Å². The minimum atomic E-state index is -0.512. The number of hydrogen-bond acceptors (Lipinski definition) is 3. The van der Waals surface area contributed by atoms with E-state index in [2.05, 4.69) is 11.2 Å². The maximum Gasteiger partial charge on any atom is 0.129 e. The van der Waals surface area contributed by atoms with Crippen molar-refractivity contribution >= 4 is 0 Å². The number of hydrogen-bond donors (Lipinski definition) is 1. The fourth-order valence-corrected chi connectivity index (χ4v) is 2.62. The van der Waals surface area contributed by atoms with Crippen molar-refractivity contribution in [2.24, 2.45) is 7.05 Å². The molecule has 1 aliphatic rings. The van der Waals surface area contributed by atoms with Crippen LogP contribution in [0.5, 0.6) is 5.75 Å². The van der Waals surface area contributed by atoms with Crippen molar-refractivity contribution in [2.75, 3.05) is 0 Å². The lowest BCUT2D eigenvalue weighted by Crippen LogP contribution is -2.32. The summed E-state index contributed by atoms with van der Waals surface area (Å²) in [5.74, 6) is 0.896. The van der Waals surface area contributed by atoms with Gasteiger partial charge in [0.25, 0.3) is 0 Å². The smallest absolute Gasteiger partial charge is 0.129 e. The Bertz CT molecular complexity index is 567. The topological polar surface area (TPSA) is 47.3 Å². The molecule has 19 heavy (non-hydrogen) atoms. The number of aliphatic hydroxyl groups is 1. The van der Waals surface area contributed by atoms with Crippen LogP contribution in [-0.2, 0) is 19.9 Å². The second-order valence-electron chi connectivity index (χ2n) is 5.14. The molecule has 4 heteroatoms. The van der Waals surface area contributed by atoms with Crippen LogP contribution >= 0.6 is 0 Å². The molecule has 1 N–H and O–H groups in total. The van der Waals surface area contributed by atoms with Gasteiger partial charge in [0, 0.05) is 25.6 Å². The lowest BCUT2D eigenvalue weighted by molar-refractivity contribution is 0.0490. The van der Waals surface area contributed by atoms with Crippen LogP contribution in [0.4, 0.5) is 0 Å². The molecular weight excluding hydrogens is 240 g/mol. The summed E-state index contributed by atoms with van der Waals surface area (Å²) in [4.78, 5) is 0. The second kappa shape index (κ2) is 4.70. The van der Waals surface area contributed by atoms with Gasteiger partial charge in [0.2, 0.25) is 0 Å². The van der Waals surface area contributed by atoms with E-state index in [1.807, 2.05) is 42.9 Å². The summed E-state index contributed by atoms with van der Waals surface area (Å²) < 4.78 is 7.63. The first kappa shape index (κ1) is 12.2. The fourth-order valence-electron chi connectivity index (χ4n) is 2.62. The lowest BCUT2D eigenvalue weighted by atomic mass is 10.0. The van der Waals surface area contributed by atoms with Crippen molar-refractivity contribution in [3.05, 3.63) is 47.3 Å². The van der Waals surface area contributed by atoms with Gasteiger partial charge in [-0.3, -0.25) is 4.68 Å². The molecule has 0 bridgehead atoms. The third-order valence-corrected chi connectivity index (χ3v) is 3.62. The van der Waals surface area contributed by atoms with E-state index < -0.39 is 6.10 Å². The molecule has 0 spiro atoms. The summed E-state index contributed by atoms with van der Waals surface area (Å²) in [7, 11) is 1.90. The number of aliphatic hydroxyl groups excluding tert-OH is 1. The Balaban J connectivity index is 1.70. The molecule has 0 saturated heterocycles. The van der Waals surface area contributed by atoms with Gasteiger partial charge in [-0.2, -0.15) is 5.10 Å². The highest BCUT2D eigenvalue weighted by Crippen LogP contribution is 2.30. The van der Waals surface area contributed by atoms with E-state index in [0.29, 0.717) is 6.42 Å². The van der Waals surface area contributed by atoms with E-state index >= 15 is 0 Å². The summed E-state index contributed by atoms with van der Waals surface area (Å²) in [5, 5.41) is 14.6. The van der Waals surface area contributed by atoms with Crippen LogP contribution in [0.1, 0.15) is 17.0 Å². The van der Waals surface area contributed by atoms with E-state index in [1.54, 1.807) is 0 Å². The SMILES string of the molecule is Cc1cc(CC(O)C2Cc3ccccc3O2)n(C)n1. The molecule has 1 aliphatic heterocycles. The van der Waals surface area contributed by atoms with Crippen molar-refractivity contribution in [1.29, 1.82) is 0 Å². The van der Waals surface area contributed by atoms with Crippen LogP contribution in [-0.4, -0.2) is 27.1 Å². The summed E-state index contributed by atoms with van der Waals surface area (Å²) in [6, 6.07) is 9.97. The van der Waals surface area contributed by atoms with Gasteiger partial charge in [-0.1, -0.05) is 18.2 Å². The molecule has 0 saturated carbocycles. The zero-order valence-electron chi connectivity index (χ0n) is 11.2. The van der Waals surface area contributed by atoms with E-state index in [-0.39, 0.29) is 6.10 Å². The number of benzene rings is 1. The summed E-state index contributed by atoms with van der Waals surface area (Å²) >= 11 is 0. The van der Waals surface area contributed by atoms with Crippen molar-refractivity contribution in [3.63, 3.8) is 0 Å². The van der Waals surface area contributed by atoms with Crippen molar-refractivity contribution in [1.82, 2.24) is 9.78 Å². The van der Waals surface area contributed by atoms with Crippen LogP contribution in [0.2, 0.25) is 0 Å². The highest BCUT2D eigenvalue weighted by molar-refractivity contribution is 5.37. The van der Waals surface area contributed by atoms with E-state index in [4.69, 9.17) is 4.74 Å². The van der Waals surface area contributed by atoms with Gasteiger partial charge in [0.1, 0.15) is 11.9 Å². The number of aromatic nitrogens is 2. The number of nitrogens with zero attached hydrogens (tertiary/aromatic N) is 2. The van der Waals surface area contributed by atoms with Crippen LogP contribution in [0.15, 0.2) is 30.3 Å². The lowest BCUT2D eigenvalue weighted by Gasteiger charge is -2.18. The van der Waals surface area contributed by atoms with Gasteiger partial charge in [-0.15, -0.1) is 0 Å². The predicted molar refractivity (Wildman–Crippen MR) is 72.2 cm³/mol. The average molecular weight is 258 g/mol. The van der Waals surface area contributed by atoms with Gasteiger partial charge >= 0.3 is 0 Å². The Morgan fingerprint density at radius 2 is 2.26 bits per heavy atom. The third-order valence-electron chi connectivity index (χ3n) is 3.62. The molecule has 0 radical (unpaired) electrons. The van der Waals surface area contributed by atoms with Gasteiger partial charge < -0.3 is 9.84 Å². The fraction of sp³-hybridized carbons (Fsp3) is 0.400. The second-order valence-corrected chi connectivity index (χ2v) is 5.14. The van der Waals surface area contributed by atoms with E-state index in [9.17, 15) is 5.11 Å². The molecule has 1 aromatic carbocycles. The van der Waals surface area contributed by atoms with Crippen LogP contribution in [0.25, 0.3) is 0 Å². The molecule has 2 aromatic rings. The van der Waals surface area contributed by atoms with Crippen molar-refractivity contribution in [2.45, 2.75) is 32.0 Å². The molecular formula is C15H18N2O2. The number of rotatable bonds is 3. The molecule has 0 fully saturated rings. The first-order chi connectivity index (χ1) is 9.13. The van der Waals surface area contributed by atoms with Gasteiger partial charge in [0.05, 0.1) is 11.8 Å². The standard InChI is InChI=1S/C15H18N2O2/c1-10-7-12(17(2)16-10)9-13(18)15-8-11-5-3-4-6-14(11)19-15/h3-7,13,15,18H,8-9H2,1-2H3. The quantitative estimate of drug-likeness (QED) is 0.910. The summed E-state index contributed by atoms with van der Waals surface area (Å²) in [5.41, 5.74) is 3.18. The maximum absolute atomic E-state index is 10.3. The number of aryl methyl sites for hydroxylation is 2. The third kappa shape index (κ3) is 2.36. The van der Waals surface area contributed by atoms with Crippen molar-refractivity contribution < 1.29 is 9.84 Å². The molecule has 0 aliphatic carbocycles. The normalized spacial score (nSPS) is 19.0. The molecule has 2 unspecified atom stereocenters. The molecule has 2 heterocycles. The van der Waals surface area contributed by atoms with Crippen molar-refractivity contribution in [3.8, 4) is 5.75 Å². The molecule has 2 atom stereocenters. The molecule has 3 rings (SSSR count).